The number of nitrogens with zero attached hydrogens (tertiary/aromatic N) is 1. The topological polar surface area (TPSA) is 24.9 Å². The molecule has 0 spiro atoms. The fraction of sp³-hybridized carbons (Fsp3) is 0.214. The summed E-state index contributed by atoms with van der Waals surface area (Å²) in [6.07, 6.45) is 1.94. The predicted molar refractivity (Wildman–Crippen MR) is 79.0 cm³/mol. The fourth-order valence-corrected chi connectivity index (χ4v) is 2.56. The molecule has 1 N–H and O–H groups in total. The maximum atomic E-state index is 4.36. The summed E-state index contributed by atoms with van der Waals surface area (Å²) in [6.45, 7) is 2.00. The molecule has 2 nitrogen and oxygen atoms in total. The molecule has 1 aromatic heterocycles. The van der Waals surface area contributed by atoms with Gasteiger partial charge in [-0.1, -0.05) is 24.3 Å². The molecule has 1 unspecified atom stereocenters. The van der Waals surface area contributed by atoms with Crippen LogP contribution in [0.5, 0.6) is 0 Å². The van der Waals surface area contributed by atoms with E-state index in [1.807, 2.05) is 20.2 Å². The van der Waals surface area contributed by atoms with Gasteiger partial charge in [0.1, 0.15) is 0 Å². The van der Waals surface area contributed by atoms with Gasteiger partial charge in [-0.05, 0) is 59.8 Å². The Hall–Kier alpha value is -0.940. The van der Waals surface area contributed by atoms with Crippen molar-refractivity contribution in [2.75, 3.05) is 7.05 Å². The highest BCUT2D eigenvalue weighted by Gasteiger charge is 2.14. The minimum absolute atomic E-state index is 0.205. The van der Waals surface area contributed by atoms with Gasteiger partial charge in [-0.15, -0.1) is 0 Å². The highest BCUT2D eigenvalue weighted by molar-refractivity contribution is 14.1. The van der Waals surface area contributed by atoms with Crippen LogP contribution in [0.2, 0.25) is 0 Å². The van der Waals surface area contributed by atoms with Crippen LogP contribution in [0.25, 0.3) is 0 Å². The molecule has 0 aliphatic carbocycles. The van der Waals surface area contributed by atoms with Crippen molar-refractivity contribution in [3.8, 4) is 0 Å². The van der Waals surface area contributed by atoms with E-state index in [0.29, 0.717) is 0 Å². The first-order chi connectivity index (χ1) is 8.22. The lowest BCUT2D eigenvalue weighted by molar-refractivity contribution is 0.685. The van der Waals surface area contributed by atoms with Crippen molar-refractivity contribution in [2.45, 2.75) is 13.0 Å². The number of aryl methyl sites for hydroxylation is 1. The summed E-state index contributed by atoms with van der Waals surface area (Å²) in [6, 6.07) is 12.8. The van der Waals surface area contributed by atoms with Crippen LogP contribution < -0.4 is 5.32 Å². The van der Waals surface area contributed by atoms with Gasteiger partial charge < -0.3 is 5.32 Å². The zero-order chi connectivity index (χ0) is 12.3. The number of hydrogen-bond donors (Lipinski definition) is 1. The van der Waals surface area contributed by atoms with E-state index in [1.54, 1.807) is 0 Å². The maximum absolute atomic E-state index is 4.36. The lowest BCUT2D eigenvalue weighted by atomic mass is 10.0. The van der Waals surface area contributed by atoms with Crippen LogP contribution >= 0.6 is 22.6 Å². The van der Waals surface area contributed by atoms with Crippen LogP contribution in [-0.2, 0) is 0 Å². The van der Waals surface area contributed by atoms with E-state index in [2.05, 4.69) is 69.3 Å². The number of nitrogens with one attached hydrogen (secondary N) is 1. The quantitative estimate of drug-likeness (QED) is 0.869. The van der Waals surface area contributed by atoms with E-state index >= 15 is 0 Å². The second kappa shape index (κ2) is 5.60. The summed E-state index contributed by atoms with van der Waals surface area (Å²) < 4.78 is 1.27. The van der Waals surface area contributed by atoms with Crippen LogP contribution in [-0.4, -0.2) is 12.0 Å². The molecule has 0 bridgehead atoms. The molecule has 1 heterocycles. The number of rotatable bonds is 3. The molecule has 0 amide bonds. The van der Waals surface area contributed by atoms with E-state index in [9.17, 15) is 0 Å². The van der Waals surface area contributed by atoms with E-state index < -0.39 is 0 Å². The van der Waals surface area contributed by atoms with Gasteiger partial charge in [0.2, 0.25) is 0 Å². The van der Waals surface area contributed by atoms with Crippen molar-refractivity contribution >= 4 is 22.6 Å². The molecule has 2 rings (SSSR count). The molecular formula is C14H15IN2. The molecule has 0 radical (unpaired) electrons. The number of benzene rings is 1. The number of pyridine rings is 1. The zero-order valence-electron chi connectivity index (χ0n) is 9.94. The third kappa shape index (κ3) is 2.84. The van der Waals surface area contributed by atoms with E-state index in [1.165, 1.54) is 14.7 Å². The molecule has 3 heteroatoms. The Kier molecular flexibility index (Phi) is 4.12. The van der Waals surface area contributed by atoms with Gasteiger partial charge in [-0.2, -0.15) is 0 Å². The molecule has 0 saturated carbocycles. The molecule has 2 aromatic rings. The lowest BCUT2D eigenvalue weighted by Crippen LogP contribution is -2.18. The molecule has 1 aromatic carbocycles. The first-order valence-electron chi connectivity index (χ1n) is 5.56. The lowest BCUT2D eigenvalue weighted by Gasteiger charge is -2.18. The van der Waals surface area contributed by atoms with Crippen molar-refractivity contribution in [3.05, 3.63) is 63.0 Å². The summed E-state index contributed by atoms with van der Waals surface area (Å²) in [5, 5.41) is 3.35. The van der Waals surface area contributed by atoms with Crippen LogP contribution in [0.1, 0.15) is 22.9 Å². The Balaban J connectivity index is 2.40. The second-order valence-electron chi connectivity index (χ2n) is 3.98. The Bertz CT molecular complexity index is 494. The fourth-order valence-electron chi connectivity index (χ4n) is 1.86. The molecule has 0 aliphatic heterocycles. The third-order valence-corrected chi connectivity index (χ3v) is 3.75. The average molecular weight is 338 g/mol. The summed E-state index contributed by atoms with van der Waals surface area (Å²) in [5.41, 5.74) is 3.54. The summed E-state index contributed by atoms with van der Waals surface area (Å²) in [5.74, 6) is 0. The van der Waals surface area contributed by atoms with Gasteiger partial charge in [0, 0.05) is 15.5 Å². The molecule has 88 valence electrons. The zero-order valence-corrected chi connectivity index (χ0v) is 12.1. The standard InChI is InChI=1S/C14H15IN2/c1-10-7-8-11(9-17-10)14(16-2)12-5-3-4-6-13(12)15/h3-9,14,16H,1-2H3. The van der Waals surface area contributed by atoms with Gasteiger partial charge in [0.15, 0.2) is 0 Å². The monoisotopic (exact) mass is 338 g/mol. The maximum Gasteiger partial charge on any atom is 0.0599 e. The summed E-state index contributed by atoms with van der Waals surface area (Å²) >= 11 is 2.37. The van der Waals surface area contributed by atoms with E-state index in [-0.39, 0.29) is 6.04 Å². The number of halogens is 1. The molecular weight excluding hydrogens is 323 g/mol. The minimum atomic E-state index is 0.205. The largest absolute Gasteiger partial charge is 0.309 e. The Labute approximate surface area is 116 Å². The van der Waals surface area contributed by atoms with Crippen LogP contribution in [0.3, 0.4) is 0 Å². The van der Waals surface area contributed by atoms with Crippen molar-refractivity contribution < 1.29 is 0 Å². The smallest absolute Gasteiger partial charge is 0.0599 e. The number of hydrogen-bond acceptors (Lipinski definition) is 2. The Morgan fingerprint density at radius 3 is 2.53 bits per heavy atom. The second-order valence-corrected chi connectivity index (χ2v) is 5.14. The average Bonchev–Trinajstić information content (AvgIpc) is 2.35. The van der Waals surface area contributed by atoms with Crippen molar-refractivity contribution in [2.24, 2.45) is 0 Å². The summed E-state index contributed by atoms with van der Waals surface area (Å²) in [4.78, 5) is 4.36. The molecule has 17 heavy (non-hydrogen) atoms. The van der Waals surface area contributed by atoms with Crippen molar-refractivity contribution in [3.63, 3.8) is 0 Å². The first-order valence-corrected chi connectivity index (χ1v) is 6.64. The van der Waals surface area contributed by atoms with E-state index in [0.717, 1.165) is 5.69 Å². The van der Waals surface area contributed by atoms with Gasteiger partial charge >= 0.3 is 0 Å². The van der Waals surface area contributed by atoms with Gasteiger partial charge in [-0.25, -0.2) is 0 Å². The SMILES string of the molecule is CNC(c1ccc(C)nc1)c1ccccc1I. The van der Waals surface area contributed by atoms with Gasteiger partial charge in [0.05, 0.1) is 6.04 Å². The van der Waals surface area contributed by atoms with Crippen molar-refractivity contribution in [1.82, 2.24) is 10.3 Å². The minimum Gasteiger partial charge on any atom is -0.309 e. The van der Waals surface area contributed by atoms with Crippen LogP contribution in [0.15, 0.2) is 42.6 Å². The predicted octanol–water partition coefficient (Wildman–Crippen LogP) is 3.30. The number of aromatic nitrogens is 1. The van der Waals surface area contributed by atoms with Crippen molar-refractivity contribution in [1.29, 1.82) is 0 Å². The first kappa shape index (κ1) is 12.5. The Morgan fingerprint density at radius 1 is 1.18 bits per heavy atom. The molecule has 0 saturated heterocycles. The highest BCUT2D eigenvalue weighted by Crippen LogP contribution is 2.25. The van der Waals surface area contributed by atoms with Gasteiger partial charge in [0.25, 0.3) is 0 Å². The summed E-state index contributed by atoms with van der Waals surface area (Å²) in [7, 11) is 1.98. The van der Waals surface area contributed by atoms with Gasteiger partial charge in [-0.3, -0.25) is 4.98 Å². The molecule has 1 atom stereocenters. The Morgan fingerprint density at radius 2 is 1.94 bits per heavy atom. The highest BCUT2D eigenvalue weighted by atomic mass is 127. The normalized spacial score (nSPS) is 12.4. The van der Waals surface area contributed by atoms with E-state index in [4.69, 9.17) is 0 Å². The molecule has 0 fully saturated rings. The van der Waals surface area contributed by atoms with Crippen LogP contribution in [0, 0.1) is 10.5 Å². The van der Waals surface area contributed by atoms with Crippen LogP contribution in [0.4, 0.5) is 0 Å². The molecule has 0 aliphatic rings. The third-order valence-electron chi connectivity index (χ3n) is 2.77.